The monoisotopic (exact) mass is 523 g/mol. The Morgan fingerprint density at radius 2 is 1.29 bits per heavy atom. The Hall–Kier alpha value is -3.11. The van der Waals surface area contributed by atoms with Crippen LogP contribution in [0.4, 0.5) is 5.69 Å². The highest BCUT2D eigenvalue weighted by Gasteiger charge is 2.33. The van der Waals surface area contributed by atoms with Gasteiger partial charge in [-0.3, -0.25) is 0 Å². The van der Waals surface area contributed by atoms with Crippen LogP contribution in [0.3, 0.4) is 0 Å². The summed E-state index contributed by atoms with van der Waals surface area (Å²) < 4.78 is 1.29. The number of aryl methyl sites for hydroxylation is 7. The minimum Gasteiger partial charge on any atom is -0.361 e. The smallest absolute Gasteiger partial charge is 0.0945 e. The molecule has 0 fully saturated rings. The molecule has 0 aliphatic carbocycles. The molecule has 0 spiro atoms. The van der Waals surface area contributed by atoms with E-state index in [1.54, 1.807) is 0 Å². The first-order valence-corrected chi connectivity index (χ1v) is 14.4. The maximum atomic E-state index is 5.17. The molecule has 0 N–H and O–H groups in total. The molecule has 0 saturated carbocycles. The van der Waals surface area contributed by atoms with Crippen LogP contribution in [0.25, 0.3) is 27.0 Å². The van der Waals surface area contributed by atoms with Gasteiger partial charge in [0.1, 0.15) is 0 Å². The molecule has 0 amide bonds. The molecule has 0 bridgehead atoms. The van der Waals surface area contributed by atoms with Gasteiger partial charge in [0.15, 0.2) is 0 Å². The van der Waals surface area contributed by atoms with Crippen LogP contribution in [-0.4, -0.2) is 23.6 Å². The van der Waals surface area contributed by atoms with Crippen molar-refractivity contribution < 1.29 is 0 Å². The standard InChI is InChI=1S/C34H41N3S/c1-19-12-21(3)29(22(4)13-19)26-16-27(34(8,9)10)32(33-31(26)35-25(7)38-33)37-18-36(11)17-28(37)30-23(5)14-20(2)15-24(30)6/h12-17H,18H2,1-11H3. The highest BCUT2D eigenvalue weighted by Crippen LogP contribution is 2.49. The van der Waals surface area contributed by atoms with Gasteiger partial charge in [-0.1, -0.05) is 56.2 Å². The predicted octanol–water partition coefficient (Wildman–Crippen LogP) is 9.13. The van der Waals surface area contributed by atoms with E-state index in [0.29, 0.717) is 0 Å². The average Bonchev–Trinajstić information content (AvgIpc) is 3.33. The highest BCUT2D eigenvalue weighted by atomic mass is 32.1. The van der Waals surface area contributed by atoms with Gasteiger partial charge in [-0.15, -0.1) is 11.3 Å². The molecule has 1 aliphatic rings. The third-order valence-corrected chi connectivity index (χ3v) is 8.68. The summed E-state index contributed by atoms with van der Waals surface area (Å²) in [4.78, 5) is 10.0. The molecule has 0 atom stereocenters. The Morgan fingerprint density at radius 1 is 0.763 bits per heavy atom. The van der Waals surface area contributed by atoms with Gasteiger partial charge in [-0.05, 0) is 93.3 Å². The van der Waals surface area contributed by atoms with Crippen molar-refractivity contribution in [2.45, 2.75) is 74.7 Å². The maximum absolute atomic E-state index is 5.17. The van der Waals surface area contributed by atoms with Crippen LogP contribution < -0.4 is 4.90 Å². The summed E-state index contributed by atoms with van der Waals surface area (Å²) in [6, 6.07) is 11.7. The number of thiazole rings is 1. The second kappa shape index (κ2) is 9.27. The lowest BCUT2D eigenvalue weighted by molar-refractivity contribution is 0.494. The molecule has 5 rings (SSSR count). The van der Waals surface area contributed by atoms with Gasteiger partial charge in [0.2, 0.25) is 0 Å². The molecule has 4 heteroatoms. The van der Waals surface area contributed by atoms with Gasteiger partial charge >= 0.3 is 0 Å². The summed E-state index contributed by atoms with van der Waals surface area (Å²) >= 11 is 1.83. The largest absolute Gasteiger partial charge is 0.361 e. The third kappa shape index (κ3) is 4.43. The van der Waals surface area contributed by atoms with E-state index in [9.17, 15) is 0 Å². The minimum atomic E-state index is -0.0493. The van der Waals surface area contributed by atoms with Gasteiger partial charge in [0, 0.05) is 24.4 Å². The fourth-order valence-electron chi connectivity index (χ4n) is 6.40. The SMILES string of the molecule is Cc1cc(C)c(C2=CN(C)CN2c2c(C(C)(C)C)cc(-c3c(C)cc(C)cc3C)c3nc(C)sc23)c(C)c1. The van der Waals surface area contributed by atoms with E-state index >= 15 is 0 Å². The van der Waals surface area contributed by atoms with Gasteiger partial charge in [0.25, 0.3) is 0 Å². The van der Waals surface area contributed by atoms with Crippen LogP contribution in [0.1, 0.15) is 70.3 Å². The molecule has 0 unspecified atom stereocenters. The summed E-state index contributed by atoms with van der Waals surface area (Å²) in [6.45, 7) is 23.3. The van der Waals surface area contributed by atoms with Crippen molar-refractivity contribution in [3.8, 4) is 11.1 Å². The highest BCUT2D eigenvalue weighted by molar-refractivity contribution is 7.19. The number of anilines is 1. The molecule has 4 aromatic rings. The van der Waals surface area contributed by atoms with Gasteiger partial charge in [-0.2, -0.15) is 0 Å². The normalized spacial score (nSPS) is 14.1. The number of aromatic nitrogens is 1. The summed E-state index contributed by atoms with van der Waals surface area (Å²) in [7, 11) is 2.18. The second-order valence-corrected chi connectivity index (χ2v) is 13.6. The summed E-state index contributed by atoms with van der Waals surface area (Å²) in [5.41, 5.74) is 16.8. The molecule has 38 heavy (non-hydrogen) atoms. The van der Waals surface area contributed by atoms with Crippen molar-refractivity contribution in [3.05, 3.63) is 86.0 Å². The van der Waals surface area contributed by atoms with E-state index in [2.05, 4.69) is 123 Å². The van der Waals surface area contributed by atoms with Gasteiger partial charge in [-0.25, -0.2) is 4.98 Å². The summed E-state index contributed by atoms with van der Waals surface area (Å²) in [6.07, 6.45) is 2.32. The lowest BCUT2D eigenvalue weighted by atomic mass is 9.82. The topological polar surface area (TPSA) is 19.4 Å². The van der Waals surface area contributed by atoms with Crippen LogP contribution in [0.2, 0.25) is 0 Å². The van der Waals surface area contributed by atoms with E-state index in [0.717, 1.165) is 17.2 Å². The van der Waals surface area contributed by atoms with E-state index in [1.165, 1.54) is 71.7 Å². The zero-order valence-corrected chi connectivity index (χ0v) is 25.7. The lowest BCUT2D eigenvalue weighted by Crippen LogP contribution is -2.28. The molecular weight excluding hydrogens is 482 g/mol. The zero-order chi connectivity index (χ0) is 27.7. The first-order valence-electron chi connectivity index (χ1n) is 13.6. The number of rotatable bonds is 3. The first kappa shape index (κ1) is 26.5. The molecule has 198 valence electrons. The molecule has 2 heterocycles. The van der Waals surface area contributed by atoms with E-state index in [4.69, 9.17) is 4.98 Å². The van der Waals surface area contributed by atoms with Crippen LogP contribution in [0.15, 0.2) is 36.5 Å². The summed E-state index contributed by atoms with van der Waals surface area (Å²) in [5, 5.41) is 1.11. The van der Waals surface area contributed by atoms with Crippen LogP contribution in [-0.2, 0) is 5.41 Å². The Kier molecular flexibility index (Phi) is 6.46. The number of fused-ring (bicyclic) bond motifs is 1. The quantitative estimate of drug-likeness (QED) is 0.267. The van der Waals surface area contributed by atoms with E-state index in [1.807, 2.05) is 11.3 Å². The van der Waals surface area contributed by atoms with Crippen LogP contribution in [0.5, 0.6) is 0 Å². The zero-order valence-electron chi connectivity index (χ0n) is 24.9. The number of hydrogen-bond acceptors (Lipinski definition) is 4. The van der Waals surface area contributed by atoms with Crippen molar-refractivity contribution in [3.63, 3.8) is 0 Å². The van der Waals surface area contributed by atoms with E-state index < -0.39 is 0 Å². The van der Waals surface area contributed by atoms with Crippen molar-refractivity contribution in [1.82, 2.24) is 9.88 Å². The third-order valence-electron chi connectivity index (χ3n) is 7.70. The fraction of sp³-hybridized carbons (Fsp3) is 0.382. The second-order valence-electron chi connectivity index (χ2n) is 12.4. The van der Waals surface area contributed by atoms with Crippen molar-refractivity contribution in [2.75, 3.05) is 18.6 Å². The predicted molar refractivity (Wildman–Crippen MR) is 166 cm³/mol. The van der Waals surface area contributed by atoms with Crippen LogP contribution >= 0.6 is 11.3 Å². The Balaban J connectivity index is 1.85. The van der Waals surface area contributed by atoms with Gasteiger partial charge in [0.05, 0.1) is 33.3 Å². The Bertz CT molecular complexity index is 1570. The van der Waals surface area contributed by atoms with Crippen molar-refractivity contribution in [1.29, 1.82) is 0 Å². The maximum Gasteiger partial charge on any atom is 0.0945 e. The molecule has 1 aliphatic heterocycles. The molecular formula is C34H41N3S. The summed E-state index contributed by atoms with van der Waals surface area (Å²) in [5.74, 6) is 0. The molecule has 0 saturated heterocycles. The Labute approximate surface area is 232 Å². The molecule has 1 aromatic heterocycles. The number of nitrogens with zero attached hydrogens (tertiary/aromatic N) is 3. The molecule has 3 aromatic carbocycles. The van der Waals surface area contributed by atoms with Crippen LogP contribution in [0, 0.1) is 48.5 Å². The van der Waals surface area contributed by atoms with Gasteiger partial charge < -0.3 is 9.80 Å². The molecule has 3 nitrogen and oxygen atoms in total. The lowest BCUT2D eigenvalue weighted by Gasteiger charge is -2.32. The van der Waals surface area contributed by atoms with Crippen molar-refractivity contribution in [2.24, 2.45) is 0 Å². The molecule has 0 radical (unpaired) electrons. The first-order chi connectivity index (χ1) is 17.8. The van der Waals surface area contributed by atoms with Crippen molar-refractivity contribution >= 4 is 32.9 Å². The minimum absolute atomic E-state index is 0.0493. The Morgan fingerprint density at radius 3 is 1.82 bits per heavy atom. The average molecular weight is 524 g/mol. The number of hydrogen-bond donors (Lipinski definition) is 0. The van der Waals surface area contributed by atoms with E-state index in [-0.39, 0.29) is 5.41 Å². The number of benzene rings is 3. The fourth-order valence-corrected chi connectivity index (χ4v) is 7.40.